The van der Waals surface area contributed by atoms with E-state index in [0.29, 0.717) is 5.56 Å². The lowest BCUT2D eigenvalue weighted by molar-refractivity contribution is 0.101. The Morgan fingerprint density at radius 3 is 2.59 bits per heavy atom. The van der Waals surface area contributed by atoms with E-state index in [2.05, 4.69) is 4.98 Å². The van der Waals surface area contributed by atoms with Crippen LogP contribution in [-0.4, -0.2) is 25.5 Å². The topological polar surface area (TPSA) is 67.5 Å². The van der Waals surface area contributed by atoms with Crippen molar-refractivity contribution in [3.05, 3.63) is 78.0 Å². The van der Waals surface area contributed by atoms with E-state index in [1.165, 1.54) is 0 Å². The van der Waals surface area contributed by atoms with Gasteiger partial charge >= 0.3 is 0 Å². The fraction of sp³-hybridized carbons (Fsp3) is 0.136. The second kappa shape index (κ2) is 6.78. The van der Waals surface area contributed by atoms with Crippen LogP contribution in [0.1, 0.15) is 35.9 Å². The molecule has 1 N–H and O–H groups in total. The molecule has 0 radical (unpaired) electrons. The van der Waals surface area contributed by atoms with Crippen LogP contribution in [0.4, 0.5) is 0 Å². The summed E-state index contributed by atoms with van der Waals surface area (Å²) in [6.45, 7) is 3.30. The number of rotatable bonds is 4. The van der Waals surface area contributed by atoms with Crippen molar-refractivity contribution in [3.63, 3.8) is 0 Å². The van der Waals surface area contributed by atoms with E-state index in [1.54, 1.807) is 30.6 Å². The molecule has 0 spiro atoms. The van der Waals surface area contributed by atoms with Crippen molar-refractivity contribution in [2.75, 3.05) is 0 Å². The molecule has 5 nitrogen and oxygen atoms in total. The Labute approximate surface area is 156 Å². The van der Waals surface area contributed by atoms with Gasteiger partial charge in [0.15, 0.2) is 11.4 Å². The zero-order valence-electron chi connectivity index (χ0n) is 15.1. The average Bonchev–Trinajstić information content (AvgIpc) is 3.11. The first kappa shape index (κ1) is 17.1. The summed E-state index contributed by atoms with van der Waals surface area (Å²) in [7, 11) is 0. The van der Waals surface area contributed by atoms with Crippen LogP contribution < -0.4 is 0 Å². The number of hydrogen-bond donors (Lipinski definition) is 1. The van der Waals surface area contributed by atoms with Gasteiger partial charge in [0, 0.05) is 16.7 Å². The van der Waals surface area contributed by atoms with E-state index >= 15 is 0 Å². The van der Waals surface area contributed by atoms with E-state index in [4.69, 9.17) is 5.10 Å². The molecule has 4 aromatic rings. The largest absolute Gasteiger partial charge is 0.389 e. The van der Waals surface area contributed by atoms with Crippen molar-refractivity contribution in [2.45, 2.75) is 20.0 Å². The van der Waals surface area contributed by atoms with Crippen molar-refractivity contribution in [1.82, 2.24) is 14.6 Å². The van der Waals surface area contributed by atoms with Crippen LogP contribution in [0.3, 0.4) is 0 Å². The smallest absolute Gasteiger partial charge is 0.159 e. The van der Waals surface area contributed by atoms with Gasteiger partial charge in [0.1, 0.15) is 0 Å². The normalized spacial score (nSPS) is 12.3. The van der Waals surface area contributed by atoms with Gasteiger partial charge in [-0.05, 0) is 43.7 Å². The second-order valence-corrected chi connectivity index (χ2v) is 6.57. The molecule has 4 rings (SSSR count). The molecular formula is C22H19N3O2. The molecule has 2 aromatic carbocycles. The summed E-state index contributed by atoms with van der Waals surface area (Å²) in [5.74, 6) is 0.0225. The predicted molar refractivity (Wildman–Crippen MR) is 104 cm³/mol. The minimum Gasteiger partial charge on any atom is -0.389 e. The summed E-state index contributed by atoms with van der Waals surface area (Å²) in [6.07, 6.45) is 1.23. The third-order valence-electron chi connectivity index (χ3n) is 4.59. The fourth-order valence-electron chi connectivity index (χ4n) is 3.08. The number of carbonyl (C=O) groups excluding carboxylic acids is 1. The second-order valence-electron chi connectivity index (χ2n) is 6.57. The van der Waals surface area contributed by atoms with E-state index < -0.39 is 6.10 Å². The number of carbonyl (C=O) groups is 1. The molecule has 0 fully saturated rings. The number of benzene rings is 2. The number of Topliss-reactive ketones (excluding diaryl/α,β-unsaturated/α-hetero) is 1. The molecule has 0 bridgehead atoms. The Bertz CT molecular complexity index is 1150. The zero-order chi connectivity index (χ0) is 19.0. The van der Waals surface area contributed by atoms with Crippen LogP contribution in [0.5, 0.6) is 0 Å². The molecule has 1 atom stereocenters. The van der Waals surface area contributed by atoms with Crippen molar-refractivity contribution in [2.24, 2.45) is 0 Å². The van der Waals surface area contributed by atoms with Gasteiger partial charge in [-0.2, -0.15) is 5.10 Å². The Kier molecular flexibility index (Phi) is 4.30. The maximum Gasteiger partial charge on any atom is 0.159 e. The summed E-state index contributed by atoms with van der Waals surface area (Å²) >= 11 is 0. The van der Waals surface area contributed by atoms with E-state index in [-0.39, 0.29) is 5.78 Å². The lowest BCUT2D eigenvalue weighted by atomic mass is 10.0. The van der Waals surface area contributed by atoms with Crippen LogP contribution in [0.25, 0.3) is 28.2 Å². The number of aliphatic hydroxyl groups is 1. The first-order valence-electron chi connectivity index (χ1n) is 8.77. The van der Waals surface area contributed by atoms with Crippen molar-refractivity contribution < 1.29 is 9.90 Å². The summed E-state index contributed by atoms with van der Waals surface area (Å²) in [5.41, 5.74) is 5.64. The lowest BCUT2D eigenvalue weighted by Crippen LogP contribution is -1.98. The molecule has 0 aliphatic carbocycles. The molecule has 27 heavy (non-hydrogen) atoms. The van der Waals surface area contributed by atoms with E-state index in [9.17, 15) is 9.90 Å². The Hall–Kier alpha value is -3.31. The quantitative estimate of drug-likeness (QED) is 0.552. The Balaban J connectivity index is 1.84. The molecule has 1 unspecified atom stereocenters. The minimum absolute atomic E-state index is 0.0225. The van der Waals surface area contributed by atoms with Crippen molar-refractivity contribution in [3.8, 4) is 22.5 Å². The summed E-state index contributed by atoms with van der Waals surface area (Å²) in [5, 5.41) is 14.6. The first-order valence-corrected chi connectivity index (χ1v) is 8.77. The lowest BCUT2D eigenvalue weighted by Gasteiger charge is -2.08. The third-order valence-corrected chi connectivity index (χ3v) is 4.59. The number of ketones is 1. The molecule has 0 aliphatic rings. The molecule has 0 aliphatic heterocycles. The number of aliphatic hydroxyl groups excluding tert-OH is 1. The fourth-order valence-corrected chi connectivity index (χ4v) is 3.08. The molecule has 5 heteroatoms. The van der Waals surface area contributed by atoms with E-state index in [0.717, 1.165) is 33.7 Å². The number of fused-ring (bicyclic) bond motifs is 1. The molecule has 0 saturated heterocycles. The maximum absolute atomic E-state index is 11.7. The average molecular weight is 357 g/mol. The van der Waals surface area contributed by atoms with Gasteiger partial charge < -0.3 is 5.11 Å². The molecule has 0 saturated carbocycles. The summed E-state index contributed by atoms with van der Waals surface area (Å²) < 4.78 is 1.78. The summed E-state index contributed by atoms with van der Waals surface area (Å²) in [6, 6.07) is 19.0. The van der Waals surface area contributed by atoms with Gasteiger partial charge in [-0.25, -0.2) is 9.50 Å². The standard InChI is InChI=1S/C22H19N3O2/c1-14(26)16-5-3-7-18(11-16)20-9-10-22-23-13-21(25(22)24-20)19-8-4-6-17(12-19)15(2)27/h3-14,26H,1-2H3. The van der Waals surface area contributed by atoms with Gasteiger partial charge in [-0.15, -0.1) is 0 Å². The minimum atomic E-state index is -0.535. The van der Waals surface area contributed by atoms with Crippen LogP contribution in [0, 0.1) is 0 Å². The third kappa shape index (κ3) is 3.25. The van der Waals surface area contributed by atoms with Crippen molar-refractivity contribution >= 4 is 11.4 Å². The van der Waals surface area contributed by atoms with Gasteiger partial charge in [0.25, 0.3) is 0 Å². The van der Waals surface area contributed by atoms with Crippen molar-refractivity contribution in [1.29, 1.82) is 0 Å². The van der Waals surface area contributed by atoms with Gasteiger partial charge in [0.2, 0.25) is 0 Å². The Morgan fingerprint density at radius 2 is 1.81 bits per heavy atom. The molecule has 2 aromatic heterocycles. The van der Waals surface area contributed by atoms with Gasteiger partial charge in [-0.3, -0.25) is 4.79 Å². The van der Waals surface area contributed by atoms with E-state index in [1.807, 2.05) is 54.6 Å². The molecule has 2 heterocycles. The SMILES string of the molecule is CC(=O)c1cccc(-c2cnc3ccc(-c4cccc(C(C)O)c4)nn23)c1. The molecule has 134 valence electrons. The Morgan fingerprint density at radius 1 is 1.04 bits per heavy atom. The highest BCUT2D eigenvalue weighted by atomic mass is 16.3. The summed E-state index contributed by atoms with van der Waals surface area (Å²) in [4.78, 5) is 16.1. The highest BCUT2D eigenvalue weighted by Crippen LogP contribution is 2.25. The molecule has 0 amide bonds. The number of imidazole rings is 1. The number of nitrogens with zero attached hydrogens (tertiary/aromatic N) is 3. The molecular weight excluding hydrogens is 338 g/mol. The monoisotopic (exact) mass is 357 g/mol. The van der Waals surface area contributed by atoms with Gasteiger partial charge in [-0.1, -0.05) is 36.4 Å². The first-order chi connectivity index (χ1) is 13.0. The number of hydrogen-bond acceptors (Lipinski definition) is 4. The van der Waals surface area contributed by atoms with Crippen LogP contribution >= 0.6 is 0 Å². The number of aromatic nitrogens is 3. The van der Waals surface area contributed by atoms with Gasteiger partial charge in [0.05, 0.1) is 23.7 Å². The maximum atomic E-state index is 11.7. The highest BCUT2D eigenvalue weighted by Gasteiger charge is 2.11. The highest BCUT2D eigenvalue weighted by molar-refractivity contribution is 5.95. The van der Waals surface area contributed by atoms with Crippen LogP contribution in [0.2, 0.25) is 0 Å². The zero-order valence-corrected chi connectivity index (χ0v) is 15.1. The predicted octanol–water partition coefficient (Wildman–Crippen LogP) is 4.32. The van der Waals surface area contributed by atoms with Crippen LogP contribution in [-0.2, 0) is 0 Å². The van der Waals surface area contributed by atoms with Crippen LogP contribution in [0.15, 0.2) is 66.9 Å².